The fraction of sp³-hybridized carbons (Fsp3) is 0.632. The van der Waals surface area contributed by atoms with Crippen molar-refractivity contribution in [2.75, 3.05) is 40.4 Å². The molecule has 1 aliphatic rings. The van der Waals surface area contributed by atoms with Crippen LogP contribution in [0.2, 0.25) is 0 Å². The van der Waals surface area contributed by atoms with Crippen molar-refractivity contribution in [2.24, 2.45) is 10.9 Å². The first-order valence-electron chi connectivity index (χ1n) is 8.75. The van der Waals surface area contributed by atoms with Gasteiger partial charge in [-0.2, -0.15) is 0 Å². The minimum absolute atomic E-state index is 0. The molecule has 1 heterocycles. The lowest BCUT2D eigenvalue weighted by molar-refractivity contribution is 0.0625. The van der Waals surface area contributed by atoms with E-state index in [0.29, 0.717) is 5.92 Å². The van der Waals surface area contributed by atoms with Crippen LogP contribution in [-0.4, -0.2) is 51.3 Å². The Balaban J connectivity index is 0.00000288. The van der Waals surface area contributed by atoms with E-state index in [1.807, 2.05) is 7.05 Å². The Hall–Kier alpha value is -0.820. The highest BCUT2D eigenvalue weighted by Gasteiger charge is 2.15. The summed E-state index contributed by atoms with van der Waals surface area (Å²) in [5.74, 6) is 2.25. The lowest BCUT2D eigenvalue weighted by Gasteiger charge is -2.27. The van der Waals surface area contributed by atoms with Crippen LogP contribution in [0.3, 0.4) is 0 Å². The molecule has 1 aromatic rings. The van der Waals surface area contributed by atoms with Gasteiger partial charge in [0.25, 0.3) is 0 Å². The van der Waals surface area contributed by atoms with Crippen molar-refractivity contribution in [1.82, 2.24) is 10.2 Å². The molecule has 0 amide bonds. The first-order valence-corrected chi connectivity index (χ1v) is 8.75. The molecule has 1 aliphatic heterocycles. The summed E-state index contributed by atoms with van der Waals surface area (Å²) in [5.41, 5.74) is 1.36. The normalized spacial score (nSPS) is 17.0. The summed E-state index contributed by atoms with van der Waals surface area (Å²) in [5, 5.41) is 3.51. The van der Waals surface area contributed by atoms with Crippen molar-refractivity contribution in [3.8, 4) is 0 Å². The molecule has 0 aromatic heterocycles. The molecule has 1 aromatic carbocycles. The van der Waals surface area contributed by atoms with Gasteiger partial charge in [-0.15, -0.1) is 24.0 Å². The molecular formula is C19H32IN3O. The molecule has 1 N–H and O–H groups in total. The van der Waals surface area contributed by atoms with E-state index >= 15 is 0 Å². The minimum atomic E-state index is 0. The summed E-state index contributed by atoms with van der Waals surface area (Å²) in [6, 6.07) is 10.6. The van der Waals surface area contributed by atoms with E-state index in [0.717, 1.165) is 38.2 Å². The molecule has 24 heavy (non-hydrogen) atoms. The highest BCUT2D eigenvalue weighted by atomic mass is 127. The molecule has 0 saturated carbocycles. The number of hydrogen-bond donors (Lipinski definition) is 1. The molecule has 1 unspecified atom stereocenters. The van der Waals surface area contributed by atoms with Crippen molar-refractivity contribution in [3.05, 3.63) is 35.9 Å². The molecule has 0 bridgehead atoms. The number of guanidine groups is 1. The minimum Gasteiger partial charge on any atom is -0.381 e. The van der Waals surface area contributed by atoms with Crippen molar-refractivity contribution < 1.29 is 4.74 Å². The third-order valence-corrected chi connectivity index (χ3v) is 4.72. The number of aliphatic imine (C=N–C) groups is 1. The van der Waals surface area contributed by atoms with Crippen LogP contribution in [0.5, 0.6) is 0 Å². The van der Waals surface area contributed by atoms with Gasteiger partial charge in [0, 0.05) is 40.4 Å². The number of nitrogens with zero attached hydrogens (tertiary/aromatic N) is 2. The van der Waals surface area contributed by atoms with E-state index in [9.17, 15) is 0 Å². The van der Waals surface area contributed by atoms with Gasteiger partial charge in [0.15, 0.2) is 5.96 Å². The van der Waals surface area contributed by atoms with Gasteiger partial charge >= 0.3 is 0 Å². The van der Waals surface area contributed by atoms with Gasteiger partial charge in [0.1, 0.15) is 0 Å². The molecular weight excluding hydrogens is 413 g/mol. The third-order valence-electron chi connectivity index (χ3n) is 4.72. The predicted molar refractivity (Wildman–Crippen MR) is 112 cm³/mol. The van der Waals surface area contributed by atoms with E-state index in [2.05, 4.69) is 59.5 Å². The molecule has 0 radical (unpaired) electrons. The van der Waals surface area contributed by atoms with Crippen LogP contribution in [0.15, 0.2) is 35.3 Å². The zero-order valence-electron chi connectivity index (χ0n) is 15.2. The Kier molecular flexibility index (Phi) is 10.3. The fourth-order valence-electron chi connectivity index (χ4n) is 3.05. The highest BCUT2D eigenvalue weighted by molar-refractivity contribution is 14.0. The number of rotatable bonds is 6. The van der Waals surface area contributed by atoms with E-state index in [4.69, 9.17) is 4.74 Å². The van der Waals surface area contributed by atoms with E-state index in [1.165, 1.54) is 24.8 Å². The molecule has 1 atom stereocenters. The number of hydrogen-bond acceptors (Lipinski definition) is 2. The quantitative estimate of drug-likeness (QED) is 0.412. The molecule has 2 rings (SSSR count). The predicted octanol–water partition coefficient (Wildman–Crippen LogP) is 3.73. The van der Waals surface area contributed by atoms with Crippen LogP contribution < -0.4 is 5.32 Å². The molecule has 1 fully saturated rings. The Morgan fingerprint density at radius 1 is 1.29 bits per heavy atom. The summed E-state index contributed by atoms with van der Waals surface area (Å²) in [4.78, 5) is 6.67. The number of halogens is 1. The van der Waals surface area contributed by atoms with Crippen LogP contribution in [0.25, 0.3) is 0 Å². The zero-order valence-corrected chi connectivity index (χ0v) is 17.5. The molecule has 5 heteroatoms. The smallest absolute Gasteiger partial charge is 0.193 e. The van der Waals surface area contributed by atoms with Gasteiger partial charge in [0.05, 0.1) is 0 Å². The van der Waals surface area contributed by atoms with Gasteiger partial charge in [-0.05, 0) is 36.7 Å². The second-order valence-electron chi connectivity index (χ2n) is 6.51. The molecule has 4 nitrogen and oxygen atoms in total. The molecule has 1 saturated heterocycles. The summed E-state index contributed by atoms with van der Waals surface area (Å²) < 4.78 is 5.43. The van der Waals surface area contributed by atoms with Gasteiger partial charge in [-0.3, -0.25) is 4.99 Å². The molecule has 0 aliphatic carbocycles. The SMILES string of the molecule is CN=C(NCC(C)c1ccccc1)N(C)CCC1CCOCC1.I. The Bertz CT molecular complexity index is 475. The second kappa shape index (κ2) is 11.7. The van der Waals surface area contributed by atoms with Crippen molar-refractivity contribution in [3.63, 3.8) is 0 Å². The maximum atomic E-state index is 5.43. The summed E-state index contributed by atoms with van der Waals surface area (Å²) in [6.45, 7) is 6.05. The monoisotopic (exact) mass is 445 g/mol. The summed E-state index contributed by atoms with van der Waals surface area (Å²) in [6.07, 6.45) is 3.62. The van der Waals surface area contributed by atoms with Gasteiger partial charge < -0.3 is 15.0 Å². The first-order chi connectivity index (χ1) is 11.2. The van der Waals surface area contributed by atoms with Gasteiger partial charge in [-0.25, -0.2) is 0 Å². The van der Waals surface area contributed by atoms with Crippen LogP contribution >= 0.6 is 24.0 Å². The summed E-state index contributed by atoms with van der Waals surface area (Å²) >= 11 is 0. The fourth-order valence-corrected chi connectivity index (χ4v) is 3.05. The Morgan fingerprint density at radius 2 is 1.96 bits per heavy atom. The van der Waals surface area contributed by atoms with Crippen LogP contribution in [0, 0.1) is 5.92 Å². The van der Waals surface area contributed by atoms with Crippen molar-refractivity contribution in [2.45, 2.75) is 32.1 Å². The van der Waals surface area contributed by atoms with Crippen molar-refractivity contribution in [1.29, 1.82) is 0 Å². The first kappa shape index (κ1) is 21.2. The number of nitrogens with one attached hydrogen (secondary N) is 1. The van der Waals surface area contributed by atoms with Gasteiger partial charge in [0.2, 0.25) is 0 Å². The lowest BCUT2D eigenvalue weighted by Crippen LogP contribution is -2.41. The van der Waals surface area contributed by atoms with E-state index in [1.54, 1.807) is 0 Å². The van der Waals surface area contributed by atoms with E-state index < -0.39 is 0 Å². The van der Waals surface area contributed by atoms with Gasteiger partial charge in [-0.1, -0.05) is 37.3 Å². The lowest BCUT2D eigenvalue weighted by atomic mass is 9.96. The topological polar surface area (TPSA) is 36.9 Å². The van der Waals surface area contributed by atoms with Crippen LogP contribution in [-0.2, 0) is 4.74 Å². The maximum absolute atomic E-state index is 5.43. The average molecular weight is 445 g/mol. The Morgan fingerprint density at radius 3 is 2.58 bits per heavy atom. The second-order valence-corrected chi connectivity index (χ2v) is 6.51. The number of ether oxygens (including phenoxy) is 1. The van der Waals surface area contributed by atoms with Crippen LogP contribution in [0.4, 0.5) is 0 Å². The molecule has 136 valence electrons. The standard InChI is InChI=1S/C19H31N3O.HI/c1-16(18-7-5-4-6-8-18)15-21-19(20-2)22(3)12-9-17-10-13-23-14-11-17;/h4-8,16-17H,9-15H2,1-3H3,(H,20,21);1H. The molecule has 0 spiro atoms. The highest BCUT2D eigenvalue weighted by Crippen LogP contribution is 2.18. The third kappa shape index (κ3) is 6.97. The zero-order chi connectivity index (χ0) is 16.5. The largest absolute Gasteiger partial charge is 0.381 e. The summed E-state index contributed by atoms with van der Waals surface area (Å²) in [7, 11) is 3.99. The van der Waals surface area contributed by atoms with Crippen LogP contribution in [0.1, 0.15) is 37.7 Å². The average Bonchev–Trinajstić information content (AvgIpc) is 2.62. The number of benzene rings is 1. The van der Waals surface area contributed by atoms with Crippen molar-refractivity contribution >= 4 is 29.9 Å². The van der Waals surface area contributed by atoms with E-state index in [-0.39, 0.29) is 24.0 Å². The Labute approximate surface area is 164 Å². The maximum Gasteiger partial charge on any atom is 0.193 e.